The van der Waals surface area contributed by atoms with E-state index in [4.69, 9.17) is 150 Å². The predicted molar refractivity (Wildman–Crippen MR) is 260 cm³/mol. The number of alkyl halides is 2. The number of benzene rings is 5. The number of nitrogens with two attached hydrogens (primary N) is 1. The maximum Gasteiger partial charge on any atom is 0.346 e. The van der Waals surface area contributed by atoms with Crippen molar-refractivity contribution in [2.75, 3.05) is 26.1 Å². The number of methoxy groups -OCH3 is 1. The van der Waals surface area contributed by atoms with E-state index in [2.05, 4.69) is 4.74 Å². The SMILES string of the molecule is CC(Cl)(Cl)C(=O)O.COC(=O)C(C)Oc1ccc(Oc2ccc(Cl)cc2Cl)cc1.Cc1cc(Cl)ccc1OCC(=O)O.Nc1cc(Cl)cc(C(=O)O)c1Cl.O=C(O)COc1ccc(Cl)cc1Cl. The topological polar surface area (TPSA) is 238 Å². The van der Waals surface area contributed by atoms with Crippen molar-refractivity contribution in [3.05, 3.63) is 137 Å². The van der Waals surface area contributed by atoms with Gasteiger partial charge in [-0.15, -0.1) is 0 Å². The average Bonchev–Trinajstić information content (AvgIpc) is 3.23. The molecular weight excluding hydrogens is 1070 g/mol. The number of nitrogen functional groups attached to an aromatic ring is 1. The molecule has 5 aromatic rings. The molecule has 1 unspecified atom stereocenters. The second kappa shape index (κ2) is 29.7. The first-order valence-electron chi connectivity index (χ1n) is 18.1. The Morgan fingerprint density at radius 1 is 0.627 bits per heavy atom. The lowest BCUT2D eigenvalue weighted by atomic mass is 10.2. The number of aliphatic carboxylic acids is 3. The number of rotatable bonds is 13. The van der Waals surface area contributed by atoms with E-state index in [1.165, 1.54) is 38.3 Å². The molecule has 0 saturated heterocycles. The van der Waals surface area contributed by atoms with E-state index in [-0.39, 0.29) is 27.9 Å². The van der Waals surface area contributed by atoms with Crippen LogP contribution in [-0.4, -0.2) is 81.0 Å². The first kappa shape index (κ1) is 60.1. The Morgan fingerprint density at radius 2 is 1.06 bits per heavy atom. The lowest BCUT2D eigenvalue weighted by Gasteiger charge is -2.13. The second-order valence-electron chi connectivity index (χ2n) is 12.6. The molecule has 5 rings (SSSR count). The van der Waals surface area contributed by atoms with Crippen LogP contribution in [0.15, 0.2) is 91.0 Å². The summed E-state index contributed by atoms with van der Waals surface area (Å²) in [5.74, 6) is -2.36. The molecule has 5 aromatic carbocycles. The maximum atomic E-state index is 11.3. The van der Waals surface area contributed by atoms with Crippen molar-refractivity contribution in [2.24, 2.45) is 0 Å². The molecule has 0 saturated carbocycles. The molecule has 362 valence electrons. The van der Waals surface area contributed by atoms with Gasteiger partial charge in [-0.3, -0.25) is 0 Å². The van der Waals surface area contributed by atoms with Crippen LogP contribution in [0, 0.1) is 6.92 Å². The zero-order chi connectivity index (χ0) is 51.2. The second-order valence-corrected chi connectivity index (χ2v) is 17.3. The number of aryl methyl sites for hydroxylation is 1. The van der Waals surface area contributed by atoms with E-state index in [1.807, 2.05) is 6.92 Å². The molecule has 0 fully saturated rings. The van der Waals surface area contributed by atoms with Gasteiger partial charge in [-0.25, -0.2) is 24.0 Å². The van der Waals surface area contributed by atoms with Gasteiger partial charge in [0.2, 0.25) is 4.33 Å². The number of hydrogen-bond donors (Lipinski definition) is 5. The van der Waals surface area contributed by atoms with Crippen LogP contribution in [0.2, 0.25) is 35.2 Å². The number of carboxylic acid groups (broad SMARTS) is 4. The summed E-state index contributed by atoms with van der Waals surface area (Å²) in [5.41, 5.74) is 6.29. The van der Waals surface area contributed by atoms with E-state index < -0.39 is 46.9 Å². The number of aromatic carboxylic acids is 1. The van der Waals surface area contributed by atoms with E-state index >= 15 is 0 Å². The largest absolute Gasteiger partial charge is 0.482 e. The number of carbonyl (C=O) groups is 5. The third-order valence-electron chi connectivity index (χ3n) is 7.20. The van der Waals surface area contributed by atoms with Gasteiger partial charge >= 0.3 is 29.8 Å². The number of ether oxygens (including phenoxy) is 5. The van der Waals surface area contributed by atoms with Crippen LogP contribution in [0.1, 0.15) is 29.8 Å². The minimum atomic E-state index is -1.64. The van der Waals surface area contributed by atoms with Crippen LogP contribution in [0.25, 0.3) is 0 Å². The van der Waals surface area contributed by atoms with Crippen molar-refractivity contribution in [2.45, 2.75) is 31.2 Å². The van der Waals surface area contributed by atoms with E-state index in [0.29, 0.717) is 53.9 Å². The van der Waals surface area contributed by atoms with Gasteiger partial charge in [0.25, 0.3) is 0 Å². The van der Waals surface area contributed by atoms with Crippen molar-refractivity contribution in [1.29, 1.82) is 0 Å². The molecular formula is C43H38Cl9NO14. The minimum absolute atomic E-state index is 0.0203. The van der Waals surface area contributed by atoms with Crippen molar-refractivity contribution in [3.8, 4) is 28.7 Å². The standard InChI is InChI=1S/C16H14Cl2O4.C9H9ClO3.C8H6Cl2O3.C7H5Cl2NO2.C3H4Cl2O2/c1-10(16(19)20-2)21-12-4-6-13(7-5-12)22-15-8-3-11(17)9-14(15)18;1-6-4-7(10)2-3-8(6)13-5-9(11)12;9-5-1-2-7(6(10)3-5)13-4-8(11)12;8-3-1-4(7(11)12)6(9)5(10)2-3;1-3(4,5)2(6)7/h3-10H,1-2H3;2-4H,5H2,1H3,(H,11,12);1-3H,4H2,(H,11,12);1-2H,10H2,(H,11,12);1H3,(H,6,7). The molecule has 6 N–H and O–H groups in total. The lowest BCUT2D eigenvalue weighted by Crippen LogP contribution is -2.24. The molecule has 0 radical (unpaired) electrons. The van der Waals surface area contributed by atoms with Crippen LogP contribution in [-0.2, 0) is 23.9 Å². The highest BCUT2D eigenvalue weighted by Gasteiger charge is 2.25. The van der Waals surface area contributed by atoms with Gasteiger partial charge in [0.1, 0.15) is 28.7 Å². The van der Waals surface area contributed by atoms with Gasteiger partial charge < -0.3 is 49.8 Å². The monoisotopic (exact) mass is 1110 g/mol. The van der Waals surface area contributed by atoms with Crippen LogP contribution in [0.4, 0.5) is 5.69 Å². The van der Waals surface area contributed by atoms with Crippen LogP contribution in [0.5, 0.6) is 28.7 Å². The van der Waals surface area contributed by atoms with Crippen molar-refractivity contribution >= 4 is 140 Å². The molecule has 0 aromatic heterocycles. The number of esters is 1. The molecule has 15 nitrogen and oxygen atoms in total. The number of halogens is 9. The summed E-state index contributed by atoms with van der Waals surface area (Å²) in [4.78, 5) is 51.9. The Bertz CT molecular complexity index is 2400. The summed E-state index contributed by atoms with van der Waals surface area (Å²) >= 11 is 50.1. The lowest BCUT2D eigenvalue weighted by molar-refractivity contribution is -0.148. The zero-order valence-electron chi connectivity index (χ0n) is 35.0. The number of hydrogen-bond acceptors (Lipinski definition) is 11. The molecule has 0 aliphatic rings. The fourth-order valence-electron chi connectivity index (χ4n) is 4.10. The van der Waals surface area contributed by atoms with Crippen molar-refractivity contribution in [1.82, 2.24) is 0 Å². The summed E-state index contributed by atoms with van der Waals surface area (Å²) in [6.45, 7) is 3.87. The normalized spacial score (nSPS) is 10.5. The molecule has 0 aliphatic carbocycles. The third-order valence-corrected chi connectivity index (χ3v) is 9.46. The number of carboxylic acids is 4. The smallest absolute Gasteiger partial charge is 0.346 e. The summed E-state index contributed by atoms with van der Waals surface area (Å²) < 4.78 is 23.9. The quantitative estimate of drug-likeness (QED) is 0.0419. The van der Waals surface area contributed by atoms with Gasteiger partial charge in [-0.1, -0.05) is 104 Å². The predicted octanol–water partition coefficient (Wildman–Crippen LogP) is 12.8. The maximum absolute atomic E-state index is 11.3. The van der Waals surface area contributed by atoms with Crippen LogP contribution >= 0.6 is 104 Å². The summed E-state index contributed by atoms with van der Waals surface area (Å²) in [7, 11) is 1.31. The Labute approximate surface area is 428 Å². The Balaban J connectivity index is 0.000000439. The van der Waals surface area contributed by atoms with E-state index in [1.54, 1.807) is 73.7 Å². The zero-order valence-corrected chi connectivity index (χ0v) is 41.8. The number of carbonyl (C=O) groups excluding carboxylic acids is 1. The van der Waals surface area contributed by atoms with Gasteiger partial charge in [0.15, 0.2) is 19.3 Å². The first-order valence-corrected chi connectivity index (χ1v) is 21.5. The van der Waals surface area contributed by atoms with Crippen LogP contribution < -0.4 is 24.7 Å². The van der Waals surface area contributed by atoms with Gasteiger partial charge in [0, 0.05) is 20.1 Å². The van der Waals surface area contributed by atoms with Crippen molar-refractivity contribution < 1.29 is 68.1 Å². The van der Waals surface area contributed by atoms with Crippen LogP contribution in [0.3, 0.4) is 0 Å². The van der Waals surface area contributed by atoms with Gasteiger partial charge in [0.05, 0.1) is 33.4 Å². The molecule has 0 aliphatic heterocycles. The molecule has 0 bridgehead atoms. The summed E-state index contributed by atoms with van der Waals surface area (Å²) in [6, 6.07) is 24.1. The molecule has 0 amide bonds. The Morgan fingerprint density at radius 3 is 1.48 bits per heavy atom. The van der Waals surface area contributed by atoms with E-state index in [9.17, 15) is 24.0 Å². The fourth-order valence-corrected chi connectivity index (χ4v) is 5.65. The van der Waals surface area contributed by atoms with Crippen molar-refractivity contribution in [3.63, 3.8) is 0 Å². The first-order chi connectivity index (χ1) is 31.1. The molecule has 24 heteroatoms. The fraction of sp³-hybridized carbons (Fsp3) is 0.186. The van der Waals surface area contributed by atoms with E-state index in [0.717, 1.165) is 5.56 Å². The third kappa shape index (κ3) is 24.1. The molecule has 67 heavy (non-hydrogen) atoms. The molecule has 0 spiro atoms. The average molecular weight is 1110 g/mol. The molecule has 0 heterocycles. The molecule has 1 atom stereocenters. The highest BCUT2D eigenvalue weighted by atomic mass is 35.5. The van der Waals surface area contributed by atoms with Gasteiger partial charge in [-0.05, 0) is 117 Å². The summed E-state index contributed by atoms with van der Waals surface area (Å²) in [5, 5.41) is 35.9. The van der Waals surface area contributed by atoms with Gasteiger partial charge in [-0.2, -0.15) is 0 Å². The highest BCUT2D eigenvalue weighted by Crippen LogP contribution is 2.33. The Hall–Kier alpha value is -4.94. The number of anilines is 1. The summed E-state index contributed by atoms with van der Waals surface area (Å²) in [6.07, 6.45) is -0.678. The Kier molecular flexibility index (Phi) is 26.7. The minimum Gasteiger partial charge on any atom is -0.482 e. The highest BCUT2D eigenvalue weighted by molar-refractivity contribution is 6.57.